The van der Waals surface area contributed by atoms with Gasteiger partial charge in [0.05, 0.1) is 14.2 Å². The molecule has 0 aliphatic carbocycles. The third-order valence-electron chi connectivity index (χ3n) is 1.84. The van der Waals surface area contributed by atoms with Crippen molar-refractivity contribution in [3.63, 3.8) is 0 Å². The zero-order valence-corrected chi connectivity index (χ0v) is 9.01. The van der Waals surface area contributed by atoms with Crippen molar-refractivity contribution in [2.75, 3.05) is 14.2 Å². The molecule has 3 nitrogen and oxygen atoms in total. The Hall–Kier alpha value is -1.16. The van der Waals surface area contributed by atoms with Gasteiger partial charge in [0.25, 0.3) is 0 Å². The molecule has 0 saturated carbocycles. The number of methoxy groups -OCH3 is 2. The maximum Gasteiger partial charge on any atom is 0.190 e. The number of hydrogen-bond donors (Lipinski definition) is 1. The van der Waals surface area contributed by atoms with Gasteiger partial charge in [0.2, 0.25) is 0 Å². The minimum atomic E-state index is -0.187. The summed E-state index contributed by atoms with van der Waals surface area (Å²) < 4.78 is 10.2. The van der Waals surface area contributed by atoms with Crippen LogP contribution in [-0.2, 0) is 11.2 Å². The zero-order chi connectivity index (χ0) is 10.6. The largest absolute Gasteiger partial charge is 0.497 e. The lowest BCUT2D eigenvalue weighted by Crippen LogP contribution is -1.98. The summed E-state index contributed by atoms with van der Waals surface area (Å²) in [7, 11) is 3.14. The molecule has 4 heteroatoms. The van der Waals surface area contributed by atoms with Gasteiger partial charge in [0.15, 0.2) is 5.12 Å². The number of carbonyl (C=O) groups is 1. The Bertz CT molecular complexity index is 336. The summed E-state index contributed by atoms with van der Waals surface area (Å²) in [5.74, 6) is 1.35. The van der Waals surface area contributed by atoms with Crippen molar-refractivity contribution < 1.29 is 14.3 Å². The van der Waals surface area contributed by atoms with Crippen LogP contribution < -0.4 is 9.47 Å². The van der Waals surface area contributed by atoms with Gasteiger partial charge in [-0.2, -0.15) is 0 Å². The molecule has 0 fully saturated rings. The van der Waals surface area contributed by atoms with E-state index in [-0.39, 0.29) is 11.5 Å². The Morgan fingerprint density at radius 1 is 1.36 bits per heavy atom. The molecule has 0 aliphatic rings. The Kier molecular flexibility index (Phi) is 3.83. The van der Waals surface area contributed by atoms with Gasteiger partial charge >= 0.3 is 0 Å². The molecule has 0 unspecified atom stereocenters. The number of rotatable bonds is 4. The van der Waals surface area contributed by atoms with Gasteiger partial charge in [-0.3, -0.25) is 4.79 Å². The fourth-order valence-corrected chi connectivity index (χ4v) is 1.33. The van der Waals surface area contributed by atoms with E-state index in [1.807, 2.05) is 0 Å². The van der Waals surface area contributed by atoms with Crippen molar-refractivity contribution in [1.29, 1.82) is 0 Å². The second-order valence-electron chi connectivity index (χ2n) is 2.75. The lowest BCUT2D eigenvalue weighted by molar-refractivity contribution is -0.110. The monoisotopic (exact) mass is 212 g/mol. The van der Waals surface area contributed by atoms with Gasteiger partial charge in [-0.1, -0.05) is 6.07 Å². The summed E-state index contributed by atoms with van der Waals surface area (Å²) in [5.41, 5.74) is 0.813. The number of hydrogen-bond acceptors (Lipinski definition) is 3. The lowest BCUT2D eigenvalue weighted by Gasteiger charge is -2.08. The van der Waals surface area contributed by atoms with Gasteiger partial charge < -0.3 is 9.47 Å². The van der Waals surface area contributed by atoms with E-state index in [1.54, 1.807) is 32.4 Å². The number of benzene rings is 1. The molecule has 1 rings (SSSR count). The SMILES string of the molecule is COc1ccc(CC(=O)S)c(OC)c1. The number of carbonyl (C=O) groups excluding carboxylic acids is 1. The van der Waals surface area contributed by atoms with Crippen LogP contribution >= 0.6 is 12.6 Å². The molecule has 0 N–H and O–H groups in total. The Morgan fingerprint density at radius 2 is 2.07 bits per heavy atom. The van der Waals surface area contributed by atoms with Crippen LogP contribution in [-0.4, -0.2) is 19.3 Å². The van der Waals surface area contributed by atoms with Crippen LogP contribution in [0.2, 0.25) is 0 Å². The van der Waals surface area contributed by atoms with Crippen LogP contribution in [0.5, 0.6) is 11.5 Å². The summed E-state index contributed by atoms with van der Waals surface area (Å²) >= 11 is 3.72. The fourth-order valence-electron chi connectivity index (χ4n) is 1.16. The molecule has 0 atom stereocenters. The molecule has 0 saturated heterocycles. The molecule has 0 amide bonds. The third kappa shape index (κ3) is 2.67. The minimum absolute atomic E-state index is 0.187. The topological polar surface area (TPSA) is 35.5 Å². The van der Waals surface area contributed by atoms with Crippen LogP contribution in [0.15, 0.2) is 18.2 Å². The van der Waals surface area contributed by atoms with Crippen LogP contribution in [0.25, 0.3) is 0 Å². The van der Waals surface area contributed by atoms with Crippen LogP contribution in [0.3, 0.4) is 0 Å². The lowest BCUT2D eigenvalue weighted by atomic mass is 10.1. The molecule has 0 heterocycles. The van der Waals surface area contributed by atoms with E-state index in [2.05, 4.69) is 12.6 Å². The van der Waals surface area contributed by atoms with Crippen LogP contribution in [0, 0.1) is 0 Å². The Balaban J connectivity index is 2.98. The van der Waals surface area contributed by atoms with Crippen molar-refractivity contribution >= 4 is 17.7 Å². The molecule has 76 valence electrons. The highest BCUT2D eigenvalue weighted by molar-refractivity contribution is 7.96. The predicted molar refractivity (Wildman–Crippen MR) is 57.2 cm³/mol. The van der Waals surface area contributed by atoms with Crippen LogP contribution in [0.4, 0.5) is 0 Å². The molecule has 1 aromatic carbocycles. The maximum atomic E-state index is 10.8. The van der Waals surface area contributed by atoms with E-state index in [0.717, 1.165) is 5.56 Å². The molecule has 0 radical (unpaired) electrons. The molecule has 0 spiro atoms. The quantitative estimate of drug-likeness (QED) is 0.772. The second-order valence-corrected chi connectivity index (χ2v) is 3.25. The number of ether oxygens (including phenoxy) is 2. The standard InChI is InChI=1S/C10H12O3S/c1-12-8-4-3-7(5-10(11)14)9(6-8)13-2/h3-4,6H,5H2,1-2H3,(H,11,14). The first kappa shape index (κ1) is 10.9. The summed E-state index contributed by atoms with van der Waals surface area (Å²) in [5, 5.41) is -0.187. The normalized spacial score (nSPS) is 9.64. The average Bonchev–Trinajstić information content (AvgIpc) is 2.17. The van der Waals surface area contributed by atoms with Gasteiger partial charge in [0, 0.05) is 18.1 Å². The highest BCUT2D eigenvalue weighted by Crippen LogP contribution is 2.25. The van der Waals surface area contributed by atoms with Crippen molar-refractivity contribution in [2.45, 2.75) is 6.42 Å². The van der Waals surface area contributed by atoms with Crippen molar-refractivity contribution in [2.24, 2.45) is 0 Å². The summed E-state index contributed by atoms with van der Waals surface area (Å²) in [6.45, 7) is 0. The van der Waals surface area contributed by atoms with E-state index < -0.39 is 0 Å². The molecular weight excluding hydrogens is 200 g/mol. The van der Waals surface area contributed by atoms with E-state index in [0.29, 0.717) is 11.5 Å². The first-order valence-electron chi connectivity index (χ1n) is 4.10. The molecule has 0 bridgehead atoms. The smallest absolute Gasteiger partial charge is 0.190 e. The van der Waals surface area contributed by atoms with Crippen LogP contribution in [0.1, 0.15) is 5.56 Å². The van der Waals surface area contributed by atoms with E-state index in [1.165, 1.54) is 0 Å². The predicted octanol–water partition coefficient (Wildman–Crippen LogP) is 1.70. The molecule has 1 aromatic rings. The van der Waals surface area contributed by atoms with Gasteiger partial charge in [-0.25, -0.2) is 0 Å². The molecular formula is C10H12O3S. The third-order valence-corrected chi connectivity index (χ3v) is 1.99. The fraction of sp³-hybridized carbons (Fsp3) is 0.300. The molecule has 14 heavy (non-hydrogen) atoms. The van der Waals surface area contributed by atoms with E-state index in [9.17, 15) is 4.79 Å². The van der Waals surface area contributed by atoms with Crippen molar-refractivity contribution in [1.82, 2.24) is 0 Å². The highest BCUT2D eigenvalue weighted by atomic mass is 32.1. The molecule has 0 aliphatic heterocycles. The Labute approximate surface area is 88.4 Å². The first-order valence-corrected chi connectivity index (χ1v) is 4.54. The summed E-state index contributed by atoms with van der Waals surface area (Å²) in [4.78, 5) is 10.8. The second kappa shape index (κ2) is 4.91. The summed E-state index contributed by atoms with van der Waals surface area (Å²) in [6, 6.07) is 5.33. The zero-order valence-electron chi connectivity index (χ0n) is 8.11. The number of thiol groups is 1. The van der Waals surface area contributed by atoms with Gasteiger partial charge in [-0.15, -0.1) is 12.6 Å². The van der Waals surface area contributed by atoms with Gasteiger partial charge in [-0.05, 0) is 6.07 Å². The first-order chi connectivity index (χ1) is 6.67. The maximum absolute atomic E-state index is 10.8. The van der Waals surface area contributed by atoms with Crippen molar-refractivity contribution in [3.8, 4) is 11.5 Å². The van der Waals surface area contributed by atoms with Gasteiger partial charge in [0.1, 0.15) is 11.5 Å². The van der Waals surface area contributed by atoms with E-state index in [4.69, 9.17) is 9.47 Å². The van der Waals surface area contributed by atoms with E-state index >= 15 is 0 Å². The average molecular weight is 212 g/mol. The summed E-state index contributed by atoms with van der Waals surface area (Å²) in [6.07, 6.45) is 0.260. The highest BCUT2D eigenvalue weighted by Gasteiger charge is 2.07. The minimum Gasteiger partial charge on any atom is -0.497 e. The van der Waals surface area contributed by atoms with Crippen molar-refractivity contribution in [3.05, 3.63) is 23.8 Å². The molecule has 0 aromatic heterocycles. The Morgan fingerprint density at radius 3 is 2.57 bits per heavy atom.